The lowest BCUT2D eigenvalue weighted by Gasteiger charge is -2.43. The van der Waals surface area contributed by atoms with Crippen molar-refractivity contribution in [2.45, 2.75) is 57.2 Å². The molecule has 13 nitrogen and oxygen atoms in total. The molecule has 1 aromatic rings. The van der Waals surface area contributed by atoms with Crippen molar-refractivity contribution in [3.63, 3.8) is 0 Å². The van der Waals surface area contributed by atoms with Crippen LogP contribution in [0.25, 0.3) is 0 Å². The summed E-state index contributed by atoms with van der Waals surface area (Å²) in [6.45, 7) is 1.55. The smallest absolute Gasteiger partial charge is 0.305 e. The number of carboxylic acids is 1. The largest absolute Gasteiger partial charge is 0.481 e. The van der Waals surface area contributed by atoms with Gasteiger partial charge in [-0.25, -0.2) is 5.01 Å². The third-order valence-electron chi connectivity index (χ3n) is 5.82. The van der Waals surface area contributed by atoms with Gasteiger partial charge in [-0.05, 0) is 43.5 Å². The van der Waals surface area contributed by atoms with Gasteiger partial charge in [0.25, 0.3) is 11.8 Å². The molecule has 3 unspecified atom stereocenters. The Hall–Kier alpha value is -4.29. The average Bonchev–Trinajstić information content (AvgIpc) is 2.95. The summed E-state index contributed by atoms with van der Waals surface area (Å²) in [5.74, 6) is -3.96. The van der Waals surface area contributed by atoms with Crippen molar-refractivity contribution in [1.82, 2.24) is 20.7 Å². The third-order valence-corrected chi connectivity index (χ3v) is 5.82. The van der Waals surface area contributed by atoms with E-state index in [9.17, 15) is 33.6 Å². The van der Waals surface area contributed by atoms with Crippen molar-refractivity contribution in [3.8, 4) is 0 Å². The van der Waals surface area contributed by atoms with Crippen LogP contribution in [0.5, 0.6) is 0 Å². The van der Waals surface area contributed by atoms with E-state index in [1.807, 2.05) is 0 Å². The molecule has 36 heavy (non-hydrogen) atoms. The molecule has 1 aromatic carbocycles. The lowest BCUT2D eigenvalue weighted by Crippen LogP contribution is -2.64. The van der Waals surface area contributed by atoms with Gasteiger partial charge in [-0.15, -0.1) is 0 Å². The first-order valence-corrected chi connectivity index (χ1v) is 11.4. The number of benzene rings is 1. The van der Waals surface area contributed by atoms with Gasteiger partial charge in [0.15, 0.2) is 0 Å². The van der Waals surface area contributed by atoms with Crippen molar-refractivity contribution in [2.24, 2.45) is 0 Å². The van der Waals surface area contributed by atoms with E-state index >= 15 is 0 Å². The summed E-state index contributed by atoms with van der Waals surface area (Å²) < 4.78 is 0. The van der Waals surface area contributed by atoms with Crippen LogP contribution in [0.4, 0.5) is 5.69 Å². The number of aldehydes is 1. The van der Waals surface area contributed by atoms with Crippen LogP contribution in [0.1, 0.15) is 49.4 Å². The second-order valence-electron chi connectivity index (χ2n) is 8.53. The highest BCUT2D eigenvalue weighted by molar-refractivity contribution is 6.00. The number of rotatable bonds is 8. The zero-order valence-electron chi connectivity index (χ0n) is 19.6. The Balaban J connectivity index is 1.77. The number of carboxylic acid groups (broad SMARTS) is 1. The molecule has 0 saturated carbocycles. The predicted molar refractivity (Wildman–Crippen MR) is 123 cm³/mol. The summed E-state index contributed by atoms with van der Waals surface area (Å²) in [5, 5.41) is 18.6. The van der Waals surface area contributed by atoms with E-state index in [1.54, 1.807) is 0 Å². The summed E-state index contributed by atoms with van der Waals surface area (Å²) in [6, 6.07) is 2.46. The van der Waals surface area contributed by atoms with Crippen LogP contribution in [-0.2, 0) is 28.8 Å². The Kier molecular flexibility index (Phi) is 8.35. The maximum atomic E-state index is 13.4. The Labute approximate surface area is 206 Å². The number of hydrogen-bond acceptors (Lipinski definition) is 7. The van der Waals surface area contributed by atoms with Crippen LogP contribution in [0.3, 0.4) is 0 Å². The molecule has 2 aliphatic heterocycles. The van der Waals surface area contributed by atoms with Crippen molar-refractivity contribution < 1.29 is 38.7 Å². The van der Waals surface area contributed by atoms with Crippen LogP contribution in [0.15, 0.2) is 24.3 Å². The number of fused-ring (bicyclic) bond motifs is 1. The molecule has 0 aliphatic carbocycles. The molecule has 0 radical (unpaired) electrons. The van der Waals surface area contributed by atoms with Gasteiger partial charge in [0, 0.05) is 31.1 Å². The second-order valence-corrected chi connectivity index (χ2v) is 8.53. The summed E-state index contributed by atoms with van der Waals surface area (Å²) >= 11 is 0. The zero-order chi connectivity index (χ0) is 26.4. The number of nitrogens with zero attached hydrogens (tertiary/aromatic N) is 2. The molecule has 192 valence electrons. The Bertz CT molecular complexity index is 1070. The number of carbonyl (C=O) groups excluding carboxylic acids is 6. The first kappa shape index (κ1) is 26.3. The van der Waals surface area contributed by atoms with E-state index in [-0.39, 0.29) is 37.3 Å². The standard InChI is InChI=1S/C23H27N5O8/c1-13(30)24-15-6-4-14(5-7-15)21(34)26-17-8-9-19(31)27-10-2-3-18(28(27)23(17)36)22(35)25-16(12-29)11-20(32)33/h4-7,12,16-18H,2-3,8-11H2,1H3,(H,24,30)(H,25,35)(H,26,34)(H,32,33). The number of amides is 5. The highest BCUT2D eigenvalue weighted by Gasteiger charge is 2.44. The fraction of sp³-hybridized carbons (Fsp3) is 0.435. The van der Waals surface area contributed by atoms with E-state index in [0.717, 1.165) is 5.01 Å². The van der Waals surface area contributed by atoms with Gasteiger partial charge in [0.1, 0.15) is 18.4 Å². The highest BCUT2D eigenvalue weighted by Crippen LogP contribution is 2.25. The highest BCUT2D eigenvalue weighted by atomic mass is 16.4. The number of hydrogen-bond donors (Lipinski definition) is 4. The van der Waals surface area contributed by atoms with Crippen LogP contribution in [0.2, 0.25) is 0 Å². The maximum absolute atomic E-state index is 13.4. The van der Waals surface area contributed by atoms with Crippen molar-refractivity contribution >= 4 is 47.5 Å². The summed E-state index contributed by atoms with van der Waals surface area (Å²) in [7, 11) is 0. The molecule has 2 fully saturated rings. The Morgan fingerprint density at radius 1 is 1.14 bits per heavy atom. The van der Waals surface area contributed by atoms with Gasteiger partial charge >= 0.3 is 5.97 Å². The second kappa shape index (κ2) is 11.4. The van der Waals surface area contributed by atoms with Gasteiger partial charge < -0.3 is 25.9 Å². The molecule has 3 rings (SSSR count). The van der Waals surface area contributed by atoms with Crippen molar-refractivity contribution in [1.29, 1.82) is 0 Å². The monoisotopic (exact) mass is 501 g/mol. The zero-order valence-corrected chi connectivity index (χ0v) is 19.6. The van der Waals surface area contributed by atoms with Gasteiger partial charge in [0.05, 0.1) is 12.5 Å². The quantitative estimate of drug-likeness (QED) is 0.342. The molecule has 0 bridgehead atoms. The van der Waals surface area contributed by atoms with E-state index in [0.29, 0.717) is 18.4 Å². The molecule has 2 heterocycles. The fourth-order valence-electron chi connectivity index (χ4n) is 4.16. The van der Waals surface area contributed by atoms with Crippen molar-refractivity contribution in [2.75, 3.05) is 11.9 Å². The van der Waals surface area contributed by atoms with Crippen molar-refractivity contribution in [3.05, 3.63) is 29.8 Å². The summed E-state index contributed by atoms with van der Waals surface area (Å²) in [4.78, 5) is 85.2. The van der Waals surface area contributed by atoms with Gasteiger partial charge in [0.2, 0.25) is 17.7 Å². The fourth-order valence-corrected chi connectivity index (χ4v) is 4.16. The normalized spacial score (nSPS) is 20.5. The first-order chi connectivity index (χ1) is 17.1. The van der Waals surface area contributed by atoms with Crippen LogP contribution >= 0.6 is 0 Å². The lowest BCUT2D eigenvalue weighted by atomic mass is 10.0. The topological polar surface area (TPSA) is 182 Å². The first-order valence-electron chi connectivity index (χ1n) is 11.4. The van der Waals surface area contributed by atoms with Gasteiger partial charge in [-0.1, -0.05) is 0 Å². The average molecular weight is 501 g/mol. The summed E-state index contributed by atoms with van der Waals surface area (Å²) in [6.07, 6.45) is 0.241. The van der Waals surface area contributed by atoms with Crippen LogP contribution in [0, 0.1) is 0 Å². The molecule has 5 amide bonds. The van der Waals surface area contributed by atoms with E-state index < -0.39 is 54.1 Å². The number of carbonyl (C=O) groups is 7. The minimum absolute atomic E-state index is 0.0185. The third kappa shape index (κ3) is 6.23. The molecule has 13 heteroatoms. The van der Waals surface area contributed by atoms with Crippen LogP contribution in [-0.4, -0.2) is 81.6 Å². The Morgan fingerprint density at radius 3 is 2.44 bits per heavy atom. The summed E-state index contributed by atoms with van der Waals surface area (Å²) in [5.41, 5.74) is 0.712. The molecule has 2 saturated heterocycles. The van der Waals surface area contributed by atoms with Gasteiger partial charge in [-0.3, -0.25) is 33.8 Å². The maximum Gasteiger partial charge on any atom is 0.305 e. The number of nitrogens with one attached hydrogen (secondary N) is 3. The molecule has 0 aromatic heterocycles. The molecule has 4 N–H and O–H groups in total. The molecule has 0 spiro atoms. The lowest BCUT2D eigenvalue weighted by molar-refractivity contribution is -0.176. The van der Waals surface area contributed by atoms with Crippen LogP contribution < -0.4 is 16.0 Å². The predicted octanol–water partition coefficient (Wildman–Crippen LogP) is -0.570. The minimum Gasteiger partial charge on any atom is -0.481 e. The number of hydrazine groups is 1. The molecule has 3 atom stereocenters. The van der Waals surface area contributed by atoms with E-state index in [4.69, 9.17) is 5.11 Å². The van der Waals surface area contributed by atoms with E-state index in [1.165, 1.54) is 36.2 Å². The van der Waals surface area contributed by atoms with Gasteiger partial charge in [-0.2, -0.15) is 0 Å². The Morgan fingerprint density at radius 2 is 1.83 bits per heavy atom. The number of anilines is 1. The SMILES string of the molecule is CC(=O)Nc1ccc(C(=O)NC2CCC(=O)N3CCCC(C(=O)NC(C=O)CC(=O)O)N3C2=O)cc1. The van der Waals surface area contributed by atoms with E-state index in [2.05, 4.69) is 16.0 Å². The minimum atomic E-state index is -1.29. The molecule has 2 aliphatic rings. The number of aliphatic carboxylic acids is 1. The molecular weight excluding hydrogens is 474 g/mol. The molecular formula is C23H27N5O8.